The molecular formula is C12H10F3N3O4. The van der Waals surface area contributed by atoms with E-state index in [1.807, 2.05) is 0 Å². The Kier molecular flexibility index (Phi) is 4.31. The number of aromatic nitrogens is 2. The highest BCUT2D eigenvalue weighted by Crippen LogP contribution is 2.38. The quantitative estimate of drug-likeness (QED) is 0.676. The van der Waals surface area contributed by atoms with Crippen molar-refractivity contribution in [3.05, 3.63) is 24.1 Å². The Balaban J connectivity index is 2.48. The summed E-state index contributed by atoms with van der Waals surface area (Å²) in [5.41, 5.74) is 5.29. The number of methoxy groups -OCH3 is 1. The van der Waals surface area contributed by atoms with Gasteiger partial charge in [-0.25, -0.2) is 4.79 Å². The third kappa shape index (κ3) is 3.17. The van der Waals surface area contributed by atoms with Crippen LogP contribution in [0.15, 0.2) is 22.6 Å². The van der Waals surface area contributed by atoms with Gasteiger partial charge in [-0.3, -0.25) is 0 Å². The second kappa shape index (κ2) is 6.02. The van der Waals surface area contributed by atoms with Crippen LogP contribution in [-0.2, 0) is 11.3 Å². The first kappa shape index (κ1) is 15.8. The van der Waals surface area contributed by atoms with Crippen LogP contribution in [0.4, 0.5) is 13.2 Å². The van der Waals surface area contributed by atoms with Crippen molar-refractivity contribution in [1.82, 2.24) is 10.2 Å². The van der Waals surface area contributed by atoms with Crippen molar-refractivity contribution in [1.29, 1.82) is 0 Å². The van der Waals surface area contributed by atoms with Gasteiger partial charge in [0.05, 0.1) is 19.2 Å². The molecule has 0 unspecified atom stereocenters. The van der Waals surface area contributed by atoms with Crippen molar-refractivity contribution in [2.75, 3.05) is 7.11 Å². The molecule has 1 aromatic heterocycles. The van der Waals surface area contributed by atoms with Crippen molar-refractivity contribution < 1.29 is 31.9 Å². The van der Waals surface area contributed by atoms with Gasteiger partial charge in [0.2, 0.25) is 5.89 Å². The number of hydrogen-bond donors (Lipinski definition) is 1. The zero-order valence-electron chi connectivity index (χ0n) is 11.2. The summed E-state index contributed by atoms with van der Waals surface area (Å²) in [6, 6.07) is 4.13. The van der Waals surface area contributed by atoms with Gasteiger partial charge in [-0.2, -0.15) is 13.2 Å². The van der Waals surface area contributed by atoms with Gasteiger partial charge in [0.15, 0.2) is 11.5 Å². The molecule has 7 nitrogen and oxygen atoms in total. The van der Waals surface area contributed by atoms with Crippen LogP contribution in [0.3, 0.4) is 0 Å². The van der Waals surface area contributed by atoms with E-state index in [4.69, 9.17) is 14.9 Å². The van der Waals surface area contributed by atoms with Crippen LogP contribution in [-0.4, -0.2) is 29.5 Å². The lowest BCUT2D eigenvalue weighted by Crippen LogP contribution is -2.28. The SMILES string of the molecule is COc1cccc(-c2nnc(CN)o2)c1OC(=O)C(F)(F)F. The van der Waals surface area contributed by atoms with Gasteiger partial charge in [-0.1, -0.05) is 6.07 Å². The van der Waals surface area contributed by atoms with E-state index in [9.17, 15) is 18.0 Å². The minimum absolute atomic E-state index is 0.0239. The first-order chi connectivity index (χ1) is 10.4. The summed E-state index contributed by atoms with van der Waals surface area (Å²) in [4.78, 5) is 11.1. The fourth-order valence-electron chi connectivity index (χ4n) is 1.55. The minimum Gasteiger partial charge on any atom is -0.493 e. The number of halogens is 3. The van der Waals surface area contributed by atoms with Gasteiger partial charge in [0.25, 0.3) is 5.89 Å². The van der Waals surface area contributed by atoms with E-state index in [0.717, 1.165) is 0 Å². The fraction of sp³-hybridized carbons (Fsp3) is 0.250. The van der Waals surface area contributed by atoms with Crippen LogP contribution in [0.2, 0.25) is 0 Å². The Morgan fingerprint density at radius 2 is 2.09 bits per heavy atom. The van der Waals surface area contributed by atoms with E-state index >= 15 is 0 Å². The Morgan fingerprint density at radius 3 is 2.64 bits per heavy atom. The van der Waals surface area contributed by atoms with Gasteiger partial charge in [0, 0.05) is 0 Å². The molecule has 0 bridgehead atoms. The second-order valence-corrected chi connectivity index (χ2v) is 3.93. The van der Waals surface area contributed by atoms with E-state index in [-0.39, 0.29) is 29.6 Å². The van der Waals surface area contributed by atoms with Crippen LogP contribution in [0.25, 0.3) is 11.5 Å². The minimum atomic E-state index is -5.16. The molecule has 2 aromatic rings. The molecule has 2 N–H and O–H groups in total. The fourth-order valence-corrected chi connectivity index (χ4v) is 1.55. The van der Waals surface area contributed by atoms with Gasteiger partial charge in [-0.15, -0.1) is 10.2 Å². The largest absolute Gasteiger partial charge is 0.493 e. The number of carbonyl (C=O) groups excluding carboxylic acids is 1. The highest BCUT2D eigenvalue weighted by molar-refractivity contribution is 5.81. The predicted molar refractivity (Wildman–Crippen MR) is 65.9 cm³/mol. The molecule has 0 aliphatic rings. The third-order valence-corrected chi connectivity index (χ3v) is 2.50. The van der Waals surface area contributed by atoms with Crippen molar-refractivity contribution in [2.45, 2.75) is 12.7 Å². The number of para-hydroxylation sites is 1. The molecule has 118 valence electrons. The summed E-state index contributed by atoms with van der Waals surface area (Å²) in [6.45, 7) is -0.0470. The normalized spacial score (nSPS) is 11.3. The smallest absolute Gasteiger partial charge is 0.491 e. The molecule has 1 aromatic carbocycles. The molecule has 0 saturated carbocycles. The summed E-state index contributed by atoms with van der Waals surface area (Å²) >= 11 is 0. The van der Waals surface area contributed by atoms with Crippen molar-refractivity contribution in [2.24, 2.45) is 5.73 Å². The summed E-state index contributed by atoms with van der Waals surface area (Å²) in [5, 5.41) is 7.23. The number of nitrogens with zero attached hydrogens (tertiary/aromatic N) is 2. The predicted octanol–water partition coefficient (Wildman–Crippen LogP) is 1.67. The third-order valence-electron chi connectivity index (χ3n) is 2.50. The molecule has 22 heavy (non-hydrogen) atoms. The summed E-state index contributed by atoms with van der Waals surface area (Å²) in [5.74, 6) is -3.03. The van der Waals surface area contributed by atoms with Crippen LogP contribution in [0.5, 0.6) is 11.5 Å². The monoisotopic (exact) mass is 317 g/mol. The highest BCUT2D eigenvalue weighted by Gasteiger charge is 2.42. The number of carbonyl (C=O) groups is 1. The Bertz CT molecular complexity index is 684. The molecule has 0 aliphatic carbocycles. The van der Waals surface area contributed by atoms with E-state index in [1.165, 1.54) is 25.3 Å². The molecule has 0 amide bonds. The second-order valence-electron chi connectivity index (χ2n) is 3.93. The number of ether oxygens (including phenoxy) is 2. The van der Waals surface area contributed by atoms with Gasteiger partial charge in [0.1, 0.15) is 0 Å². The maximum absolute atomic E-state index is 12.4. The van der Waals surface area contributed by atoms with Gasteiger partial charge in [-0.05, 0) is 12.1 Å². The van der Waals surface area contributed by atoms with Crippen molar-refractivity contribution >= 4 is 5.97 Å². The Hall–Kier alpha value is -2.62. The van der Waals surface area contributed by atoms with Crippen molar-refractivity contribution in [3.63, 3.8) is 0 Å². The van der Waals surface area contributed by atoms with E-state index in [1.54, 1.807) is 0 Å². The molecule has 0 saturated heterocycles. The zero-order chi connectivity index (χ0) is 16.3. The lowest BCUT2D eigenvalue weighted by Gasteiger charge is -2.12. The lowest BCUT2D eigenvalue weighted by molar-refractivity contribution is -0.189. The number of hydrogen-bond acceptors (Lipinski definition) is 7. The Labute approximate surface area is 121 Å². The van der Waals surface area contributed by atoms with Crippen LogP contribution < -0.4 is 15.2 Å². The Morgan fingerprint density at radius 1 is 1.36 bits per heavy atom. The molecule has 0 aliphatic heterocycles. The molecule has 2 rings (SSSR count). The number of alkyl halides is 3. The van der Waals surface area contributed by atoms with Gasteiger partial charge >= 0.3 is 12.1 Å². The van der Waals surface area contributed by atoms with E-state index < -0.39 is 17.9 Å². The van der Waals surface area contributed by atoms with E-state index in [0.29, 0.717) is 0 Å². The maximum Gasteiger partial charge on any atom is 0.491 e. The van der Waals surface area contributed by atoms with Crippen molar-refractivity contribution in [3.8, 4) is 23.0 Å². The number of esters is 1. The molecular weight excluding hydrogens is 307 g/mol. The standard InChI is InChI=1S/C12H10F3N3O4/c1-20-7-4-2-3-6(10-18-17-8(5-16)21-10)9(7)22-11(19)12(13,14)15/h2-4H,5,16H2,1H3. The first-order valence-electron chi connectivity index (χ1n) is 5.85. The molecule has 10 heteroatoms. The molecule has 0 fully saturated rings. The van der Waals surface area contributed by atoms with Crippen LogP contribution in [0.1, 0.15) is 5.89 Å². The molecule has 0 spiro atoms. The summed E-state index contributed by atoms with van der Waals surface area (Å²) in [6.07, 6.45) is -5.16. The van der Waals surface area contributed by atoms with Crippen LogP contribution in [0, 0.1) is 0 Å². The highest BCUT2D eigenvalue weighted by atomic mass is 19.4. The first-order valence-corrected chi connectivity index (χ1v) is 5.85. The molecule has 0 atom stereocenters. The maximum atomic E-state index is 12.4. The molecule has 1 heterocycles. The zero-order valence-corrected chi connectivity index (χ0v) is 11.2. The van der Waals surface area contributed by atoms with Crippen LogP contribution >= 0.6 is 0 Å². The lowest BCUT2D eigenvalue weighted by atomic mass is 10.2. The summed E-state index contributed by atoms with van der Waals surface area (Å²) in [7, 11) is 1.21. The van der Waals surface area contributed by atoms with E-state index in [2.05, 4.69) is 14.9 Å². The number of nitrogens with two attached hydrogens (primary N) is 1. The number of rotatable bonds is 4. The average molecular weight is 317 g/mol. The average Bonchev–Trinajstić information content (AvgIpc) is 2.95. The number of benzene rings is 1. The topological polar surface area (TPSA) is 100 Å². The molecule has 0 radical (unpaired) electrons. The summed E-state index contributed by atoms with van der Waals surface area (Å²) < 4.78 is 51.6. The van der Waals surface area contributed by atoms with Gasteiger partial charge < -0.3 is 19.6 Å².